The number of carbonyl (C=O) groups is 3. The Morgan fingerprint density at radius 2 is 1.29 bits per heavy atom. The van der Waals surface area contributed by atoms with Crippen LogP contribution in [0.25, 0.3) is 0 Å². The molecule has 1 saturated heterocycles. The first-order valence-electron chi connectivity index (χ1n) is 14.2. The highest BCUT2D eigenvalue weighted by atomic mass is 16.6. The average molecular weight is 595 g/mol. The van der Waals surface area contributed by atoms with Crippen LogP contribution in [0.4, 0.5) is 4.79 Å². The van der Waals surface area contributed by atoms with Gasteiger partial charge >= 0.3 is 12.1 Å². The molecule has 0 bridgehead atoms. The highest BCUT2D eigenvalue weighted by Gasteiger charge is 2.28. The van der Waals surface area contributed by atoms with Gasteiger partial charge in [-0.15, -0.1) is 0 Å². The Hall–Kier alpha value is -3.03. The van der Waals surface area contributed by atoms with Crippen molar-refractivity contribution in [2.75, 3.05) is 79.2 Å². The maximum absolute atomic E-state index is 13.8. The second kappa shape index (κ2) is 19.2. The van der Waals surface area contributed by atoms with Crippen molar-refractivity contribution in [3.8, 4) is 5.75 Å². The Kier molecular flexibility index (Phi) is 16.1. The highest BCUT2D eigenvalue weighted by molar-refractivity contribution is 5.88. The first-order chi connectivity index (χ1) is 20.0. The number of nitrogens with zero attached hydrogens (tertiary/aromatic N) is 1. The summed E-state index contributed by atoms with van der Waals surface area (Å²) in [5, 5.41) is 2.73. The standard InChI is InChI=1S/C30H46N2O10/c1-23(2)28(34)41-25-8-6-24(7-9-25)22-26(31-29(35)42-30(3,4)5)27(33)32-10-12-36-14-16-38-18-20-40-21-19-39-17-15-37-13-11-32/h6-9,26H,1,10-22H2,2-5H3,(H,31,35)/t26-/m0/s1. The number of hydrogen-bond donors (Lipinski definition) is 1. The molecule has 12 nitrogen and oxygen atoms in total. The molecule has 2 rings (SSSR count). The number of carbonyl (C=O) groups excluding carboxylic acids is 3. The van der Waals surface area contributed by atoms with E-state index >= 15 is 0 Å². The Morgan fingerprint density at radius 3 is 1.71 bits per heavy atom. The van der Waals surface area contributed by atoms with Gasteiger partial charge in [0.05, 0.1) is 66.1 Å². The second-order valence-electron chi connectivity index (χ2n) is 10.6. The van der Waals surface area contributed by atoms with Gasteiger partial charge in [0.25, 0.3) is 0 Å². The topological polar surface area (TPSA) is 131 Å². The van der Waals surface area contributed by atoms with Crippen LogP contribution in [0, 0.1) is 0 Å². The molecule has 0 saturated carbocycles. The van der Waals surface area contributed by atoms with E-state index in [4.69, 9.17) is 33.2 Å². The van der Waals surface area contributed by atoms with Gasteiger partial charge in [0, 0.05) is 25.1 Å². The molecule has 1 heterocycles. The number of ether oxygens (including phenoxy) is 7. The fourth-order valence-electron chi connectivity index (χ4n) is 3.66. The van der Waals surface area contributed by atoms with Gasteiger partial charge in [-0.1, -0.05) is 18.7 Å². The summed E-state index contributed by atoms with van der Waals surface area (Å²) < 4.78 is 38.5. The van der Waals surface area contributed by atoms with E-state index in [2.05, 4.69) is 11.9 Å². The SMILES string of the molecule is C=C(C)C(=O)Oc1ccc(C[C@H](NC(=O)OC(C)(C)C)C(=O)N2CCOCCOCCOCCOCCOCC2)cc1. The quantitative estimate of drug-likeness (QED) is 0.298. The molecule has 42 heavy (non-hydrogen) atoms. The largest absolute Gasteiger partial charge is 0.444 e. The Balaban J connectivity index is 2.13. The zero-order valence-electron chi connectivity index (χ0n) is 25.3. The Morgan fingerprint density at radius 1 is 0.833 bits per heavy atom. The van der Waals surface area contributed by atoms with E-state index in [-0.39, 0.29) is 44.2 Å². The first-order valence-corrected chi connectivity index (χ1v) is 14.2. The fraction of sp³-hybridized carbons (Fsp3) is 0.633. The molecule has 1 aromatic carbocycles. The van der Waals surface area contributed by atoms with Crippen molar-refractivity contribution in [2.24, 2.45) is 0 Å². The van der Waals surface area contributed by atoms with E-state index in [1.54, 1.807) is 56.9 Å². The summed E-state index contributed by atoms with van der Waals surface area (Å²) in [6.07, 6.45) is -0.533. The molecule has 0 radical (unpaired) electrons. The number of amides is 2. The number of esters is 1. The third-order valence-corrected chi connectivity index (χ3v) is 5.72. The van der Waals surface area contributed by atoms with Crippen LogP contribution in [0.1, 0.15) is 33.3 Å². The third-order valence-electron chi connectivity index (χ3n) is 5.72. The smallest absolute Gasteiger partial charge is 0.408 e. The molecule has 1 atom stereocenters. The third kappa shape index (κ3) is 15.3. The van der Waals surface area contributed by atoms with E-state index in [1.807, 2.05) is 0 Å². The molecular weight excluding hydrogens is 548 g/mol. The maximum atomic E-state index is 13.8. The number of nitrogens with one attached hydrogen (secondary N) is 1. The summed E-state index contributed by atoms with van der Waals surface area (Å²) in [7, 11) is 0. The molecule has 1 N–H and O–H groups in total. The predicted molar refractivity (Wildman–Crippen MR) is 154 cm³/mol. The summed E-state index contributed by atoms with van der Waals surface area (Å²) in [5.41, 5.74) is 0.278. The van der Waals surface area contributed by atoms with Crippen molar-refractivity contribution in [3.05, 3.63) is 42.0 Å². The van der Waals surface area contributed by atoms with Gasteiger partial charge in [-0.05, 0) is 45.4 Å². The molecule has 0 aromatic heterocycles. The zero-order chi connectivity index (χ0) is 30.8. The van der Waals surface area contributed by atoms with Crippen LogP contribution in [0.2, 0.25) is 0 Å². The van der Waals surface area contributed by atoms with Crippen LogP contribution < -0.4 is 10.1 Å². The number of hydrogen-bond acceptors (Lipinski definition) is 10. The second-order valence-corrected chi connectivity index (χ2v) is 10.6. The lowest BCUT2D eigenvalue weighted by molar-refractivity contribution is -0.135. The van der Waals surface area contributed by atoms with Crippen molar-refractivity contribution in [1.82, 2.24) is 10.2 Å². The van der Waals surface area contributed by atoms with Crippen molar-refractivity contribution in [3.63, 3.8) is 0 Å². The lowest BCUT2D eigenvalue weighted by atomic mass is 10.0. The molecule has 0 spiro atoms. The van der Waals surface area contributed by atoms with Crippen LogP contribution >= 0.6 is 0 Å². The van der Waals surface area contributed by atoms with Crippen LogP contribution in [0.3, 0.4) is 0 Å². The van der Waals surface area contributed by atoms with Gasteiger partial charge < -0.3 is 43.4 Å². The molecular formula is C30H46N2O10. The van der Waals surface area contributed by atoms with Gasteiger partial charge in [-0.3, -0.25) is 4.79 Å². The lowest BCUT2D eigenvalue weighted by Crippen LogP contribution is -2.52. The lowest BCUT2D eigenvalue weighted by Gasteiger charge is -2.29. The van der Waals surface area contributed by atoms with Gasteiger partial charge in [0.1, 0.15) is 17.4 Å². The minimum Gasteiger partial charge on any atom is -0.444 e. The molecule has 1 aromatic rings. The normalized spacial score (nSPS) is 17.7. The van der Waals surface area contributed by atoms with Gasteiger partial charge in [0.2, 0.25) is 5.91 Å². The molecule has 12 heteroatoms. The molecule has 1 fully saturated rings. The van der Waals surface area contributed by atoms with Crippen molar-refractivity contribution < 1.29 is 47.5 Å². The van der Waals surface area contributed by atoms with E-state index in [0.29, 0.717) is 58.6 Å². The summed E-state index contributed by atoms with van der Waals surface area (Å²) in [6.45, 7) is 14.9. The number of rotatable bonds is 6. The van der Waals surface area contributed by atoms with Crippen LogP contribution in [0.5, 0.6) is 5.75 Å². The molecule has 0 aliphatic carbocycles. The predicted octanol–water partition coefficient (Wildman–Crippen LogP) is 2.53. The van der Waals surface area contributed by atoms with Crippen LogP contribution in [0.15, 0.2) is 36.4 Å². The van der Waals surface area contributed by atoms with E-state index < -0.39 is 23.7 Å². The summed E-state index contributed by atoms with van der Waals surface area (Å²) in [4.78, 5) is 40.0. The van der Waals surface area contributed by atoms with Crippen molar-refractivity contribution >= 4 is 18.0 Å². The summed E-state index contributed by atoms with van der Waals surface area (Å²) >= 11 is 0. The van der Waals surface area contributed by atoms with Gasteiger partial charge in [-0.2, -0.15) is 0 Å². The number of benzene rings is 1. The summed E-state index contributed by atoms with van der Waals surface area (Å²) in [6, 6.07) is 5.77. The van der Waals surface area contributed by atoms with Gasteiger partial charge in [0.15, 0.2) is 0 Å². The molecule has 0 unspecified atom stereocenters. The van der Waals surface area contributed by atoms with Gasteiger partial charge in [-0.25, -0.2) is 9.59 Å². The summed E-state index contributed by atoms with van der Waals surface area (Å²) in [5.74, 6) is -0.500. The molecule has 1 aliphatic heterocycles. The molecule has 1 aliphatic rings. The molecule has 236 valence electrons. The van der Waals surface area contributed by atoms with Crippen molar-refractivity contribution in [1.29, 1.82) is 0 Å². The van der Waals surface area contributed by atoms with E-state index in [0.717, 1.165) is 5.56 Å². The first kappa shape index (κ1) is 35.2. The molecule has 2 amide bonds. The Bertz CT molecular complexity index is 959. The minimum absolute atomic E-state index is 0.175. The highest BCUT2D eigenvalue weighted by Crippen LogP contribution is 2.16. The van der Waals surface area contributed by atoms with E-state index in [1.165, 1.54) is 0 Å². The van der Waals surface area contributed by atoms with Crippen molar-refractivity contribution in [2.45, 2.75) is 45.8 Å². The maximum Gasteiger partial charge on any atom is 0.408 e. The van der Waals surface area contributed by atoms with Crippen LogP contribution in [-0.2, 0) is 44.4 Å². The van der Waals surface area contributed by atoms with E-state index in [9.17, 15) is 14.4 Å². The minimum atomic E-state index is -0.937. The Labute approximate surface area is 248 Å². The monoisotopic (exact) mass is 594 g/mol. The fourth-order valence-corrected chi connectivity index (χ4v) is 3.66. The number of alkyl carbamates (subject to hydrolysis) is 1. The zero-order valence-corrected chi connectivity index (χ0v) is 25.3. The van der Waals surface area contributed by atoms with Crippen LogP contribution in [-0.4, -0.2) is 114 Å². The average Bonchev–Trinajstić information content (AvgIpc) is 2.92.